The van der Waals surface area contributed by atoms with Gasteiger partial charge in [-0.05, 0) is 12.1 Å². The third kappa shape index (κ3) is 3.80. The lowest BCUT2D eigenvalue weighted by Crippen LogP contribution is -2.28. The summed E-state index contributed by atoms with van der Waals surface area (Å²) in [4.78, 5) is 20.0. The molecular weight excluding hydrogens is 242 g/mol. The Balaban J connectivity index is 1.76. The second-order valence-corrected chi connectivity index (χ2v) is 4.31. The highest BCUT2D eigenvalue weighted by Crippen LogP contribution is 2.01. The van der Waals surface area contributed by atoms with Gasteiger partial charge in [-0.15, -0.1) is 0 Å². The van der Waals surface area contributed by atoms with Crippen molar-refractivity contribution >= 4 is 11.6 Å². The van der Waals surface area contributed by atoms with Crippen molar-refractivity contribution in [1.29, 1.82) is 0 Å². The molecule has 0 saturated heterocycles. The molecule has 6 heteroatoms. The van der Waals surface area contributed by atoms with Crippen LogP contribution in [0.5, 0.6) is 0 Å². The van der Waals surface area contributed by atoms with Crippen molar-refractivity contribution in [2.45, 2.75) is 12.8 Å². The van der Waals surface area contributed by atoms with Crippen LogP contribution in [0.15, 0.2) is 30.7 Å². The highest BCUT2D eigenvalue weighted by Gasteiger charge is 2.05. The highest BCUT2D eigenvalue weighted by atomic mass is 16.1. The first-order valence-corrected chi connectivity index (χ1v) is 6.08. The van der Waals surface area contributed by atoms with Crippen molar-refractivity contribution in [2.75, 3.05) is 12.3 Å². The predicted molar refractivity (Wildman–Crippen MR) is 72.3 cm³/mol. The van der Waals surface area contributed by atoms with Crippen LogP contribution < -0.4 is 11.1 Å². The molecule has 3 N–H and O–H groups in total. The van der Waals surface area contributed by atoms with Crippen LogP contribution in [0.2, 0.25) is 0 Å². The number of pyridine rings is 1. The van der Waals surface area contributed by atoms with Gasteiger partial charge in [-0.25, -0.2) is 4.98 Å². The number of carbonyl (C=O) groups excluding carboxylic acids is 1. The van der Waals surface area contributed by atoms with Crippen molar-refractivity contribution in [2.24, 2.45) is 7.05 Å². The number of aryl methyl sites for hydroxylation is 1. The van der Waals surface area contributed by atoms with E-state index < -0.39 is 0 Å². The van der Waals surface area contributed by atoms with Crippen molar-refractivity contribution in [3.63, 3.8) is 0 Å². The van der Waals surface area contributed by atoms with Gasteiger partial charge in [0.2, 0.25) is 5.91 Å². The summed E-state index contributed by atoms with van der Waals surface area (Å²) in [5, 5.41) is 2.85. The van der Waals surface area contributed by atoms with Crippen LogP contribution in [0.3, 0.4) is 0 Å². The zero-order chi connectivity index (χ0) is 13.7. The molecule has 0 spiro atoms. The number of aromatic nitrogens is 3. The maximum absolute atomic E-state index is 11.7. The Morgan fingerprint density at radius 2 is 2.26 bits per heavy atom. The number of nitrogens with zero attached hydrogens (tertiary/aromatic N) is 3. The van der Waals surface area contributed by atoms with E-state index in [1.807, 2.05) is 17.8 Å². The number of hydrogen-bond acceptors (Lipinski definition) is 4. The van der Waals surface area contributed by atoms with Gasteiger partial charge >= 0.3 is 0 Å². The Labute approximate surface area is 111 Å². The van der Waals surface area contributed by atoms with E-state index in [4.69, 9.17) is 5.73 Å². The molecule has 0 aromatic carbocycles. The van der Waals surface area contributed by atoms with Gasteiger partial charge in [-0.2, -0.15) is 0 Å². The number of amides is 1. The minimum Gasteiger partial charge on any atom is -0.397 e. The van der Waals surface area contributed by atoms with Gasteiger partial charge in [0, 0.05) is 38.1 Å². The Morgan fingerprint density at radius 1 is 1.42 bits per heavy atom. The number of nitrogens with two attached hydrogens (primary N) is 1. The summed E-state index contributed by atoms with van der Waals surface area (Å²) in [5.74, 6) is 0.900. The molecule has 0 fully saturated rings. The predicted octanol–water partition coefficient (Wildman–Crippen LogP) is 0.299. The van der Waals surface area contributed by atoms with E-state index >= 15 is 0 Å². The maximum Gasteiger partial charge on any atom is 0.226 e. The van der Waals surface area contributed by atoms with Crippen LogP contribution >= 0.6 is 0 Å². The summed E-state index contributed by atoms with van der Waals surface area (Å²) < 4.78 is 1.94. The summed E-state index contributed by atoms with van der Waals surface area (Å²) in [5.41, 5.74) is 6.84. The second kappa shape index (κ2) is 5.99. The zero-order valence-corrected chi connectivity index (χ0v) is 10.8. The fourth-order valence-corrected chi connectivity index (χ4v) is 1.72. The summed E-state index contributed by atoms with van der Waals surface area (Å²) in [7, 11) is 1.93. The largest absolute Gasteiger partial charge is 0.397 e. The minimum atomic E-state index is -0.0496. The summed E-state index contributed by atoms with van der Waals surface area (Å²) in [6.45, 7) is 0.568. The molecule has 2 rings (SSSR count). The smallest absolute Gasteiger partial charge is 0.226 e. The van der Waals surface area contributed by atoms with E-state index in [2.05, 4.69) is 15.3 Å². The van der Waals surface area contributed by atoms with E-state index in [9.17, 15) is 4.79 Å². The Morgan fingerprint density at radius 3 is 2.89 bits per heavy atom. The van der Waals surface area contributed by atoms with Gasteiger partial charge < -0.3 is 15.6 Å². The molecule has 0 atom stereocenters. The first kappa shape index (κ1) is 13.1. The van der Waals surface area contributed by atoms with Gasteiger partial charge in [0.05, 0.1) is 18.3 Å². The SMILES string of the molecule is Cn1ccnc1CCNC(=O)Cc1ccc(N)cn1. The molecule has 2 aromatic rings. The van der Waals surface area contributed by atoms with Crippen LogP contribution in [0.1, 0.15) is 11.5 Å². The third-order valence-corrected chi connectivity index (χ3v) is 2.78. The van der Waals surface area contributed by atoms with Crippen LogP contribution in [0, 0.1) is 0 Å². The Bertz CT molecular complexity index is 546. The fourth-order valence-electron chi connectivity index (χ4n) is 1.72. The molecule has 2 heterocycles. The van der Waals surface area contributed by atoms with Crippen molar-refractivity contribution in [3.8, 4) is 0 Å². The Hall–Kier alpha value is -2.37. The molecule has 2 aromatic heterocycles. The lowest BCUT2D eigenvalue weighted by Gasteiger charge is -2.05. The lowest BCUT2D eigenvalue weighted by atomic mass is 10.2. The molecule has 0 aliphatic carbocycles. The van der Waals surface area contributed by atoms with Crippen LogP contribution in [-0.2, 0) is 24.7 Å². The highest BCUT2D eigenvalue weighted by molar-refractivity contribution is 5.78. The molecule has 6 nitrogen and oxygen atoms in total. The first-order chi connectivity index (χ1) is 9.15. The van der Waals surface area contributed by atoms with Gasteiger partial charge in [0.15, 0.2) is 0 Å². The van der Waals surface area contributed by atoms with Crippen LogP contribution in [0.4, 0.5) is 5.69 Å². The molecular formula is C13H17N5O. The molecule has 0 bridgehead atoms. The van der Waals surface area contributed by atoms with Gasteiger partial charge in [0.1, 0.15) is 5.82 Å². The standard InChI is InChI=1S/C13H17N5O/c1-18-7-6-15-12(18)4-5-16-13(19)8-11-3-2-10(14)9-17-11/h2-3,6-7,9H,4-5,8,14H2,1H3,(H,16,19). The maximum atomic E-state index is 11.7. The minimum absolute atomic E-state index is 0.0496. The van der Waals surface area contributed by atoms with Gasteiger partial charge in [0.25, 0.3) is 0 Å². The van der Waals surface area contributed by atoms with E-state index in [-0.39, 0.29) is 12.3 Å². The van der Waals surface area contributed by atoms with Gasteiger partial charge in [-0.1, -0.05) is 0 Å². The van der Waals surface area contributed by atoms with E-state index in [0.29, 0.717) is 24.3 Å². The first-order valence-electron chi connectivity index (χ1n) is 6.08. The number of anilines is 1. The molecule has 0 radical (unpaired) electrons. The van der Waals surface area contributed by atoms with Gasteiger partial charge in [-0.3, -0.25) is 9.78 Å². The van der Waals surface area contributed by atoms with Crippen molar-refractivity contribution in [3.05, 3.63) is 42.2 Å². The molecule has 0 aliphatic heterocycles. The molecule has 1 amide bonds. The van der Waals surface area contributed by atoms with Crippen LogP contribution in [0.25, 0.3) is 0 Å². The number of carbonyl (C=O) groups is 1. The molecule has 0 saturated carbocycles. The summed E-state index contributed by atoms with van der Waals surface area (Å²) in [6.07, 6.45) is 6.16. The topological polar surface area (TPSA) is 85.8 Å². The van der Waals surface area contributed by atoms with Crippen LogP contribution in [-0.4, -0.2) is 27.0 Å². The van der Waals surface area contributed by atoms with E-state index in [1.54, 1.807) is 24.5 Å². The molecule has 0 unspecified atom stereocenters. The molecule has 0 aliphatic rings. The lowest BCUT2D eigenvalue weighted by molar-refractivity contribution is -0.120. The van der Waals surface area contributed by atoms with Crippen molar-refractivity contribution in [1.82, 2.24) is 19.9 Å². The molecule has 19 heavy (non-hydrogen) atoms. The Kier molecular flexibility index (Phi) is 4.12. The third-order valence-electron chi connectivity index (χ3n) is 2.78. The number of hydrogen-bond donors (Lipinski definition) is 2. The second-order valence-electron chi connectivity index (χ2n) is 4.31. The average molecular weight is 259 g/mol. The average Bonchev–Trinajstić information content (AvgIpc) is 2.78. The number of imidazole rings is 1. The summed E-state index contributed by atoms with van der Waals surface area (Å²) in [6, 6.07) is 3.50. The number of nitrogens with one attached hydrogen (secondary N) is 1. The quantitative estimate of drug-likeness (QED) is 0.808. The monoisotopic (exact) mass is 259 g/mol. The van der Waals surface area contributed by atoms with E-state index in [1.165, 1.54) is 0 Å². The normalized spacial score (nSPS) is 10.4. The van der Waals surface area contributed by atoms with E-state index in [0.717, 1.165) is 5.82 Å². The number of rotatable bonds is 5. The molecule has 100 valence electrons. The zero-order valence-electron chi connectivity index (χ0n) is 10.8. The summed E-state index contributed by atoms with van der Waals surface area (Å²) >= 11 is 0. The number of nitrogen functional groups attached to an aromatic ring is 1. The fraction of sp³-hybridized carbons (Fsp3) is 0.308. The van der Waals surface area contributed by atoms with Crippen molar-refractivity contribution < 1.29 is 4.79 Å².